The average molecular weight is 587 g/mol. The normalized spacial score (nSPS) is 18.2. The lowest BCUT2D eigenvalue weighted by atomic mass is 10.1. The van der Waals surface area contributed by atoms with Crippen LogP contribution in [0.3, 0.4) is 0 Å². The molecule has 2 atom stereocenters. The van der Waals surface area contributed by atoms with Gasteiger partial charge in [-0.05, 0) is 28.8 Å². The van der Waals surface area contributed by atoms with Crippen molar-refractivity contribution in [3.8, 4) is 0 Å². The van der Waals surface area contributed by atoms with Crippen molar-refractivity contribution < 1.29 is 28.6 Å². The van der Waals surface area contributed by atoms with Crippen molar-refractivity contribution in [2.45, 2.75) is 38.3 Å². The summed E-state index contributed by atoms with van der Waals surface area (Å²) >= 11 is 0. The van der Waals surface area contributed by atoms with Crippen LogP contribution in [0.4, 0.5) is 10.5 Å². The molecule has 10 heteroatoms. The van der Waals surface area contributed by atoms with E-state index in [0.717, 1.165) is 22.4 Å². The zero-order chi connectivity index (χ0) is 30.0. The Bertz CT molecular complexity index is 1350. The van der Waals surface area contributed by atoms with Gasteiger partial charge in [-0.3, -0.25) is 24.3 Å². The van der Waals surface area contributed by atoms with E-state index >= 15 is 0 Å². The van der Waals surface area contributed by atoms with Gasteiger partial charge in [-0.25, -0.2) is 4.79 Å². The number of amides is 1. The highest BCUT2D eigenvalue weighted by molar-refractivity contribution is 5.89. The molecular weight excluding hydrogens is 548 g/mol. The van der Waals surface area contributed by atoms with Crippen molar-refractivity contribution in [2.75, 3.05) is 44.2 Å². The molecule has 2 aliphatic rings. The molecule has 226 valence electrons. The summed E-state index contributed by atoms with van der Waals surface area (Å²) in [6, 6.07) is 25.7. The molecule has 0 aromatic heterocycles. The van der Waals surface area contributed by atoms with Gasteiger partial charge in [-0.2, -0.15) is 0 Å². The molecule has 43 heavy (non-hydrogen) atoms. The van der Waals surface area contributed by atoms with Crippen LogP contribution in [0, 0.1) is 0 Å². The second-order valence-electron chi connectivity index (χ2n) is 10.8. The third kappa shape index (κ3) is 8.41. The number of ether oxygens (including phenoxy) is 3. The molecule has 0 saturated carbocycles. The van der Waals surface area contributed by atoms with Crippen LogP contribution in [0.15, 0.2) is 84.9 Å². The van der Waals surface area contributed by atoms with Crippen LogP contribution in [-0.4, -0.2) is 79.2 Å². The van der Waals surface area contributed by atoms with Crippen molar-refractivity contribution >= 4 is 23.7 Å². The summed E-state index contributed by atoms with van der Waals surface area (Å²) in [6.45, 7) is 4.19. The van der Waals surface area contributed by atoms with Crippen LogP contribution >= 0.6 is 0 Å². The van der Waals surface area contributed by atoms with Crippen LogP contribution in [0.25, 0.3) is 0 Å². The summed E-state index contributed by atoms with van der Waals surface area (Å²) in [4.78, 5) is 44.5. The number of carbonyl (C=O) groups excluding carboxylic acids is 3. The number of anilines is 1. The molecule has 3 aromatic rings. The Morgan fingerprint density at radius 2 is 1.42 bits per heavy atom. The minimum absolute atomic E-state index is 0.0986. The van der Waals surface area contributed by atoms with E-state index in [2.05, 4.69) is 4.90 Å². The van der Waals surface area contributed by atoms with E-state index in [-0.39, 0.29) is 31.8 Å². The Morgan fingerprint density at radius 3 is 2.02 bits per heavy atom. The maximum atomic E-state index is 13.3. The highest BCUT2D eigenvalue weighted by Crippen LogP contribution is 2.23. The minimum Gasteiger partial charge on any atom is -0.461 e. The number of carbonyl (C=O) groups is 3. The van der Waals surface area contributed by atoms with Gasteiger partial charge in [0, 0.05) is 45.0 Å². The van der Waals surface area contributed by atoms with Gasteiger partial charge in [0.25, 0.3) is 0 Å². The second-order valence-corrected chi connectivity index (χ2v) is 10.8. The van der Waals surface area contributed by atoms with E-state index in [1.807, 2.05) is 89.8 Å². The smallest absolute Gasteiger partial charge is 0.414 e. The van der Waals surface area contributed by atoms with Crippen LogP contribution < -0.4 is 10.6 Å². The first-order chi connectivity index (χ1) is 21.0. The van der Waals surface area contributed by atoms with Gasteiger partial charge in [-0.1, -0.05) is 72.8 Å². The fraction of sp³-hybridized carbons (Fsp3) is 0.364. The number of benzene rings is 3. The predicted octanol–water partition coefficient (Wildman–Crippen LogP) is 3.33. The summed E-state index contributed by atoms with van der Waals surface area (Å²) in [5.74, 6) is -0.902. The maximum absolute atomic E-state index is 13.3. The minimum atomic E-state index is -0.759. The van der Waals surface area contributed by atoms with Gasteiger partial charge in [0.1, 0.15) is 25.4 Å². The van der Waals surface area contributed by atoms with Gasteiger partial charge in [0.05, 0.1) is 13.0 Å². The number of rotatable bonds is 12. The standard InChI is InChI=1S/C33H38N4O6/c34-20-25-11-13-28(14-12-25)37-22-29(43-33(37)40)21-35-15-17-36(18-16-35)30(32(39)42-24-27-9-5-2-6-10-27)19-31(38)41-23-26-7-3-1-4-8-26/h1-14,29-30H,15-24,34H2/t29-,30?/m1/s1. The van der Waals surface area contributed by atoms with Crippen LogP contribution in [0.1, 0.15) is 23.1 Å². The monoisotopic (exact) mass is 586 g/mol. The Kier molecular flexibility index (Phi) is 10.4. The van der Waals surface area contributed by atoms with Gasteiger partial charge in [-0.15, -0.1) is 0 Å². The fourth-order valence-corrected chi connectivity index (χ4v) is 5.33. The summed E-state index contributed by atoms with van der Waals surface area (Å²) in [5.41, 5.74) is 9.23. The van der Waals surface area contributed by atoms with E-state index < -0.39 is 18.0 Å². The second kappa shape index (κ2) is 14.8. The summed E-state index contributed by atoms with van der Waals surface area (Å²) in [7, 11) is 0. The zero-order valence-electron chi connectivity index (χ0n) is 24.2. The molecule has 1 unspecified atom stereocenters. The topological polar surface area (TPSA) is 115 Å². The number of piperazine rings is 1. The van der Waals surface area contributed by atoms with E-state index in [4.69, 9.17) is 19.9 Å². The zero-order valence-corrected chi connectivity index (χ0v) is 24.2. The number of cyclic esters (lactones) is 1. The molecule has 2 aliphatic heterocycles. The fourth-order valence-electron chi connectivity index (χ4n) is 5.33. The Morgan fingerprint density at radius 1 is 0.814 bits per heavy atom. The number of esters is 2. The molecule has 3 aromatic carbocycles. The number of hydrogen-bond acceptors (Lipinski definition) is 9. The van der Waals surface area contributed by atoms with Crippen molar-refractivity contribution in [1.82, 2.24) is 9.80 Å². The number of nitrogens with zero attached hydrogens (tertiary/aromatic N) is 3. The molecule has 1 amide bonds. The molecule has 2 saturated heterocycles. The number of hydrogen-bond donors (Lipinski definition) is 1. The lowest BCUT2D eigenvalue weighted by Crippen LogP contribution is -2.54. The molecule has 0 bridgehead atoms. The lowest BCUT2D eigenvalue weighted by molar-refractivity contribution is -0.159. The first kappa shape index (κ1) is 30.2. The number of nitrogens with two attached hydrogens (primary N) is 1. The van der Waals surface area contributed by atoms with Gasteiger partial charge in [0.2, 0.25) is 0 Å². The summed E-state index contributed by atoms with van der Waals surface area (Å²) in [5, 5.41) is 0. The molecule has 0 spiro atoms. The Balaban J connectivity index is 1.15. The maximum Gasteiger partial charge on any atom is 0.414 e. The summed E-state index contributed by atoms with van der Waals surface area (Å²) in [6.07, 6.45) is -0.731. The Hall–Kier alpha value is -4.25. The Labute approximate surface area is 251 Å². The first-order valence-corrected chi connectivity index (χ1v) is 14.6. The third-order valence-electron chi connectivity index (χ3n) is 7.77. The van der Waals surface area contributed by atoms with Crippen molar-refractivity contribution in [3.05, 3.63) is 102 Å². The van der Waals surface area contributed by atoms with Crippen molar-refractivity contribution in [2.24, 2.45) is 5.73 Å². The van der Waals surface area contributed by atoms with E-state index in [9.17, 15) is 14.4 Å². The van der Waals surface area contributed by atoms with E-state index in [1.165, 1.54) is 0 Å². The molecule has 2 fully saturated rings. The molecule has 2 N–H and O–H groups in total. The van der Waals surface area contributed by atoms with Gasteiger partial charge >= 0.3 is 18.0 Å². The highest BCUT2D eigenvalue weighted by atomic mass is 16.6. The predicted molar refractivity (Wildman–Crippen MR) is 161 cm³/mol. The highest BCUT2D eigenvalue weighted by Gasteiger charge is 2.36. The van der Waals surface area contributed by atoms with E-state index in [1.54, 1.807) is 4.90 Å². The summed E-state index contributed by atoms with van der Waals surface area (Å²) < 4.78 is 16.8. The van der Waals surface area contributed by atoms with Crippen LogP contribution in [0.5, 0.6) is 0 Å². The SMILES string of the molecule is NCc1ccc(N2C[C@@H](CN3CCN(C(CC(=O)OCc4ccccc4)C(=O)OCc4ccccc4)CC3)OC2=O)cc1. The van der Waals surface area contributed by atoms with Crippen LogP contribution in [-0.2, 0) is 43.6 Å². The average Bonchev–Trinajstić information content (AvgIpc) is 3.42. The quantitative estimate of drug-likeness (QED) is 0.252. The third-order valence-corrected chi connectivity index (χ3v) is 7.77. The molecule has 0 aliphatic carbocycles. The molecular formula is C33H38N4O6. The van der Waals surface area contributed by atoms with E-state index in [0.29, 0.717) is 45.8 Å². The lowest BCUT2D eigenvalue weighted by Gasteiger charge is -2.38. The molecule has 10 nitrogen and oxygen atoms in total. The molecule has 0 radical (unpaired) electrons. The van der Waals surface area contributed by atoms with Crippen molar-refractivity contribution in [1.29, 1.82) is 0 Å². The molecule has 2 heterocycles. The van der Waals surface area contributed by atoms with Gasteiger partial charge in [0.15, 0.2) is 0 Å². The van der Waals surface area contributed by atoms with Crippen LogP contribution in [0.2, 0.25) is 0 Å². The first-order valence-electron chi connectivity index (χ1n) is 14.6. The van der Waals surface area contributed by atoms with Crippen molar-refractivity contribution in [3.63, 3.8) is 0 Å². The largest absolute Gasteiger partial charge is 0.461 e. The van der Waals surface area contributed by atoms with Gasteiger partial charge < -0.3 is 19.9 Å². The molecule has 5 rings (SSSR count).